The van der Waals surface area contributed by atoms with Crippen molar-refractivity contribution in [2.45, 2.75) is 62.3 Å². The van der Waals surface area contributed by atoms with Gasteiger partial charge < -0.3 is 5.11 Å². The van der Waals surface area contributed by atoms with Gasteiger partial charge in [0.1, 0.15) is 17.7 Å². The third kappa shape index (κ3) is 5.38. The number of hydrogen-bond acceptors (Lipinski definition) is 7. The van der Waals surface area contributed by atoms with E-state index in [1.807, 2.05) is 19.9 Å². The number of nitrogens with zero attached hydrogens (tertiary/aromatic N) is 4. The number of sulfone groups is 1. The second-order valence-electron chi connectivity index (χ2n) is 9.40. The van der Waals surface area contributed by atoms with Crippen LogP contribution < -0.4 is 5.56 Å². The molecule has 4 aromatic rings. The molecule has 0 aliphatic carbocycles. The lowest BCUT2D eigenvalue weighted by molar-refractivity contribution is 0.358. The van der Waals surface area contributed by atoms with E-state index < -0.39 is 38.0 Å². The molecule has 0 spiro atoms. The fraction of sp³-hybridized carbons (Fsp3) is 0.267. The van der Waals surface area contributed by atoms with Crippen LogP contribution in [0.4, 0.5) is 4.39 Å². The molecule has 8 nitrogen and oxygen atoms in total. The van der Waals surface area contributed by atoms with E-state index in [2.05, 4.69) is 9.97 Å². The standard InChI is InChI=1S/C30H29FN4O4S/c1-4-6-9-27-34-29(36)28(30(37)35(27)26(5-2)21-12-15-25(31)22(17-21)18-32)40(38,39)23-13-10-20(11-14-23)24-8-7-16-33-19(24)3/h7-8,10-17,26,37H,4-6,9H2,1-3H3/t26-/m0/s1. The lowest BCUT2D eigenvalue weighted by Crippen LogP contribution is -2.27. The summed E-state index contributed by atoms with van der Waals surface area (Å²) in [4.78, 5) is 20.5. The summed E-state index contributed by atoms with van der Waals surface area (Å²) in [6, 6.07) is 14.7. The Morgan fingerprint density at radius 3 is 2.48 bits per heavy atom. The molecule has 0 aliphatic rings. The van der Waals surface area contributed by atoms with Crippen LogP contribution in [0, 0.1) is 24.1 Å². The minimum atomic E-state index is -4.49. The summed E-state index contributed by atoms with van der Waals surface area (Å²) in [6.07, 6.45) is 3.72. The van der Waals surface area contributed by atoms with Gasteiger partial charge >= 0.3 is 0 Å². The van der Waals surface area contributed by atoms with Crippen molar-refractivity contribution in [1.29, 1.82) is 5.26 Å². The normalized spacial score (nSPS) is 12.2. The Hall–Kier alpha value is -4.36. The van der Waals surface area contributed by atoms with E-state index in [1.54, 1.807) is 37.4 Å². The molecule has 0 fully saturated rings. The average Bonchev–Trinajstić information content (AvgIpc) is 2.94. The van der Waals surface area contributed by atoms with E-state index in [0.717, 1.165) is 29.3 Å². The van der Waals surface area contributed by atoms with Crippen LogP contribution in [0.15, 0.2) is 75.4 Å². The van der Waals surface area contributed by atoms with E-state index in [1.165, 1.54) is 28.8 Å². The van der Waals surface area contributed by atoms with Crippen LogP contribution in [0.5, 0.6) is 5.88 Å². The highest BCUT2D eigenvalue weighted by atomic mass is 32.2. The molecule has 0 saturated carbocycles. The first-order chi connectivity index (χ1) is 19.1. The van der Waals surface area contributed by atoms with E-state index >= 15 is 0 Å². The predicted molar refractivity (Wildman–Crippen MR) is 148 cm³/mol. The predicted octanol–water partition coefficient (Wildman–Crippen LogP) is 5.50. The Kier molecular flexibility index (Phi) is 8.45. The maximum atomic E-state index is 14.1. The topological polar surface area (TPSA) is 126 Å². The molecular formula is C30H29FN4O4S. The van der Waals surface area contributed by atoms with Gasteiger partial charge in [0.25, 0.3) is 5.56 Å². The molecular weight excluding hydrogens is 531 g/mol. The second kappa shape index (κ2) is 11.8. The summed E-state index contributed by atoms with van der Waals surface area (Å²) >= 11 is 0. The van der Waals surface area contributed by atoms with Gasteiger partial charge in [-0.25, -0.2) is 12.8 Å². The van der Waals surface area contributed by atoms with Gasteiger partial charge in [0, 0.05) is 23.9 Å². The Morgan fingerprint density at radius 1 is 1.12 bits per heavy atom. The first-order valence-corrected chi connectivity index (χ1v) is 14.4. The average molecular weight is 561 g/mol. The Balaban J connectivity index is 1.89. The molecule has 0 bridgehead atoms. The highest BCUT2D eigenvalue weighted by molar-refractivity contribution is 7.91. The first kappa shape index (κ1) is 28.6. The molecule has 1 atom stereocenters. The third-order valence-electron chi connectivity index (χ3n) is 6.83. The minimum Gasteiger partial charge on any atom is -0.493 e. The molecule has 0 saturated heterocycles. The molecule has 0 unspecified atom stereocenters. The molecule has 0 radical (unpaired) electrons. The molecule has 1 N–H and O–H groups in total. The van der Waals surface area contributed by atoms with Gasteiger partial charge in [0.2, 0.25) is 15.7 Å². The minimum absolute atomic E-state index is 0.179. The largest absolute Gasteiger partial charge is 0.493 e. The monoisotopic (exact) mass is 560 g/mol. The molecule has 2 heterocycles. The van der Waals surface area contributed by atoms with Gasteiger partial charge in [-0.1, -0.05) is 44.5 Å². The van der Waals surface area contributed by atoms with Crippen LogP contribution in [-0.4, -0.2) is 28.1 Å². The first-order valence-electron chi connectivity index (χ1n) is 12.9. The molecule has 0 amide bonds. The van der Waals surface area contributed by atoms with Gasteiger partial charge in [-0.2, -0.15) is 10.2 Å². The highest BCUT2D eigenvalue weighted by Gasteiger charge is 2.32. The second-order valence-corrected chi connectivity index (χ2v) is 11.3. The van der Waals surface area contributed by atoms with E-state index in [0.29, 0.717) is 24.8 Å². The van der Waals surface area contributed by atoms with Crippen LogP contribution >= 0.6 is 0 Å². The van der Waals surface area contributed by atoms with Crippen LogP contribution in [-0.2, 0) is 16.3 Å². The molecule has 2 aromatic carbocycles. The third-order valence-corrected chi connectivity index (χ3v) is 8.62. The zero-order valence-corrected chi connectivity index (χ0v) is 23.2. The number of nitriles is 1. The number of hydrogen-bond donors (Lipinski definition) is 1. The fourth-order valence-corrected chi connectivity index (χ4v) is 6.09. The van der Waals surface area contributed by atoms with Crippen LogP contribution in [0.25, 0.3) is 11.1 Å². The van der Waals surface area contributed by atoms with Gasteiger partial charge in [0.15, 0.2) is 4.90 Å². The van der Waals surface area contributed by atoms with Gasteiger partial charge in [-0.05, 0) is 61.2 Å². The quantitative estimate of drug-likeness (QED) is 0.286. The summed E-state index contributed by atoms with van der Waals surface area (Å²) in [5, 5.41) is 20.8. The number of aryl methyl sites for hydroxylation is 2. The number of pyridine rings is 1. The molecule has 2 aromatic heterocycles. The van der Waals surface area contributed by atoms with Crippen molar-refractivity contribution in [3.63, 3.8) is 0 Å². The van der Waals surface area contributed by atoms with E-state index in [-0.39, 0.29) is 16.3 Å². The zero-order chi connectivity index (χ0) is 29.0. The summed E-state index contributed by atoms with van der Waals surface area (Å²) in [5.41, 5.74) is 1.58. The Bertz CT molecular complexity index is 1760. The Labute approximate surface area is 232 Å². The number of unbranched alkanes of at least 4 members (excludes halogenated alkanes) is 1. The Morgan fingerprint density at radius 2 is 1.85 bits per heavy atom. The highest BCUT2D eigenvalue weighted by Crippen LogP contribution is 2.34. The molecule has 10 heteroatoms. The lowest BCUT2D eigenvalue weighted by atomic mass is 10.0. The lowest BCUT2D eigenvalue weighted by Gasteiger charge is -2.25. The van der Waals surface area contributed by atoms with Gasteiger partial charge in [-0.3, -0.25) is 14.3 Å². The van der Waals surface area contributed by atoms with Crippen molar-refractivity contribution in [2.24, 2.45) is 0 Å². The van der Waals surface area contributed by atoms with Crippen molar-refractivity contribution >= 4 is 9.84 Å². The molecule has 40 heavy (non-hydrogen) atoms. The number of halogens is 1. The summed E-state index contributed by atoms with van der Waals surface area (Å²) in [6.45, 7) is 5.60. The van der Waals surface area contributed by atoms with Gasteiger partial charge in [-0.15, -0.1) is 0 Å². The number of rotatable bonds is 9. The van der Waals surface area contributed by atoms with Crippen molar-refractivity contribution in [3.8, 4) is 23.1 Å². The summed E-state index contributed by atoms with van der Waals surface area (Å²) in [5.74, 6) is -1.23. The number of aromatic hydroxyl groups is 1. The summed E-state index contributed by atoms with van der Waals surface area (Å²) in [7, 11) is -4.49. The SMILES string of the molecule is CCCCc1nc(=O)c(S(=O)(=O)c2ccc(-c3cccnc3C)cc2)c(O)n1[C@@H](CC)c1ccc(F)c(C#N)c1. The van der Waals surface area contributed by atoms with E-state index in [9.17, 15) is 28.0 Å². The van der Waals surface area contributed by atoms with E-state index in [4.69, 9.17) is 0 Å². The van der Waals surface area contributed by atoms with Gasteiger partial charge in [0.05, 0.1) is 16.5 Å². The molecule has 0 aliphatic heterocycles. The smallest absolute Gasteiger partial charge is 0.296 e. The zero-order valence-electron chi connectivity index (χ0n) is 22.4. The summed E-state index contributed by atoms with van der Waals surface area (Å²) < 4.78 is 42.9. The number of benzene rings is 2. The fourth-order valence-electron chi connectivity index (χ4n) is 4.75. The maximum absolute atomic E-state index is 14.1. The van der Waals surface area contributed by atoms with Crippen molar-refractivity contribution in [1.82, 2.24) is 14.5 Å². The molecule has 4 rings (SSSR count). The van der Waals surface area contributed by atoms with Crippen LogP contribution in [0.2, 0.25) is 0 Å². The van der Waals surface area contributed by atoms with Crippen molar-refractivity contribution < 1.29 is 17.9 Å². The van der Waals surface area contributed by atoms with Crippen LogP contribution in [0.1, 0.15) is 61.8 Å². The van der Waals surface area contributed by atoms with Crippen LogP contribution in [0.3, 0.4) is 0 Å². The number of aromatic nitrogens is 3. The maximum Gasteiger partial charge on any atom is 0.296 e. The van der Waals surface area contributed by atoms with Crippen molar-refractivity contribution in [3.05, 3.63) is 99.6 Å². The van der Waals surface area contributed by atoms with Crippen molar-refractivity contribution in [2.75, 3.05) is 0 Å². The molecule has 206 valence electrons.